The highest BCUT2D eigenvalue weighted by atomic mass is 19.1. The molecule has 0 aliphatic carbocycles. The molecule has 1 heterocycles. The molecule has 9 nitrogen and oxygen atoms in total. The average Bonchev–Trinajstić information content (AvgIpc) is 2.84. The van der Waals surface area contributed by atoms with E-state index in [4.69, 9.17) is 5.73 Å². The molecule has 2 rings (SSSR count). The Kier molecular flexibility index (Phi) is 3.78. The molecule has 0 radical (unpaired) electrons. The summed E-state index contributed by atoms with van der Waals surface area (Å²) in [5.41, 5.74) is 4.00. The van der Waals surface area contributed by atoms with E-state index in [2.05, 4.69) is 15.4 Å². The Morgan fingerprint density at radius 3 is 2.86 bits per heavy atom. The van der Waals surface area contributed by atoms with E-state index in [0.717, 1.165) is 6.07 Å². The van der Waals surface area contributed by atoms with Crippen molar-refractivity contribution in [1.29, 1.82) is 0 Å². The molecule has 1 aromatic carbocycles. The van der Waals surface area contributed by atoms with Gasteiger partial charge in [0.25, 0.3) is 11.6 Å². The molecule has 2 aromatic rings. The maximum Gasteiger partial charge on any atom is 0.285 e. The molecule has 0 unspecified atom stereocenters. The van der Waals surface area contributed by atoms with Gasteiger partial charge in [-0.3, -0.25) is 19.6 Å². The molecular formula is C11H11FN6O3. The van der Waals surface area contributed by atoms with Crippen LogP contribution in [-0.2, 0) is 13.6 Å². The Labute approximate surface area is 117 Å². The minimum absolute atomic E-state index is 0.0197. The van der Waals surface area contributed by atoms with Gasteiger partial charge in [-0.1, -0.05) is 0 Å². The first-order chi connectivity index (χ1) is 9.88. The lowest BCUT2D eigenvalue weighted by Gasteiger charge is -2.05. The zero-order valence-corrected chi connectivity index (χ0v) is 10.9. The number of nitrogens with zero attached hydrogens (tertiary/aromatic N) is 4. The number of anilines is 1. The van der Waals surface area contributed by atoms with Crippen molar-refractivity contribution >= 4 is 17.3 Å². The number of carbonyl (C=O) groups excluding carboxylic acids is 1. The maximum absolute atomic E-state index is 13.3. The summed E-state index contributed by atoms with van der Waals surface area (Å²) in [4.78, 5) is 25.9. The van der Waals surface area contributed by atoms with Crippen LogP contribution in [0.4, 0.5) is 15.8 Å². The maximum atomic E-state index is 13.3. The zero-order valence-electron chi connectivity index (χ0n) is 10.9. The SMILES string of the molecule is Cn1cnc(CNC(=O)c2cc(N)c(F)cc2[N+](=O)[O-])n1. The first kappa shape index (κ1) is 14.4. The molecule has 0 saturated heterocycles. The summed E-state index contributed by atoms with van der Waals surface area (Å²) in [7, 11) is 1.66. The van der Waals surface area contributed by atoms with Gasteiger partial charge in [0, 0.05) is 7.05 Å². The molecule has 0 aliphatic rings. The van der Waals surface area contributed by atoms with Crippen LogP contribution in [0, 0.1) is 15.9 Å². The Balaban J connectivity index is 2.22. The summed E-state index contributed by atoms with van der Waals surface area (Å²) in [6.07, 6.45) is 1.44. The molecule has 10 heteroatoms. The number of carbonyl (C=O) groups is 1. The number of amides is 1. The average molecular weight is 294 g/mol. The predicted molar refractivity (Wildman–Crippen MR) is 69.6 cm³/mol. The molecule has 0 aliphatic heterocycles. The summed E-state index contributed by atoms with van der Waals surface area (Å²) in [5.74, 6) is -1.38. The highest BCUT2D eigenvalue weighted by Gasteiger charge is 2.23. The topological polar surface area (TPSA) is 129 Å². The molecule has 3 N–H and O–H groups in total. The number of nitro groups is 1. The molecule has 0 saturated carbocycles. The van der Waals surface area contributed by atoms with Gasteiger partial charge in [-0.2, -0.15) is 5.10 Å². The second-order valence-electron chi connectivity index (χ2n) is 4.17. The number of benzene rings is 1. The first-order valence-electron chi connectivity index (χ1n) is 5.74. The minimum Gasteiger partial charge on any atom is -0.396 e. The molecule has 1 amide bonds. The summed E-state index contributed by atoms with van der Waals surface area (Å²) in [6, 6.07) is 1.54. The smallest absolute Gasteiger partial charge is 0.285 e. The molecule has 0 atom stereocenters. The Morgan fingerprint density at radius 1 is 1.57 bits per heavy atom. The second kappa shape index (κ2) is 5.53. The van der Waals surface area contributed by atoms with Crippen LogP contribution < -0.4 is 11.1 Å². The Hall–Kier alpha value is -3.04. The molecule has 110 valence electrons. The van der Waals surface area contributed by atoms with Gasteiger partial charge in [-0.05, 0) is 6.07 Å². The number of halogens is 1. The van der Waals surface area contributed by atoms with Crippen molar-refractivity contribution in [2.24, 2.45) is 7.05 Å². The van der Waals surface area contributed by atoms with Crippen LogP contribution in [0.15, 0.2) is 18.5 Å². The summed E-state index contributed by atoms with van der Waals surface area (Å²) < 4.78 is 14.7. The number of nitro benzene ring substituents is 1. The fourth-order valence-corrected chi connectivity index (χ4v) is 1.63. The monoisotopic (exact) mass is 294 g/mol. The van der Waals surface area contributed by atoms with Gasteiger partial charge in [0.1, 0.15) is 11.9 Å². The molecule has 21 heavy (non-hydrogen) atoms. The number of hydrogen-bond donors (Lipinski definition) is 2. The highest BCUT2D eigenvalue weighted by molar-refractivity contribution is 5.99. The summed E-state index contributed by atoms with van der Waals surface area (Å²) in [5, 5.41) is 17.2. The third kappa shape index (κ3) is 3.11. The van der Waals surface area contributed by atoms with Crippen LogP contribution in [0.5, 0.6) is 0 Å². The number of aryl methyl sites for hydroxylation is 1. The minimum atomic E-state index is -0.954. The van der Waals surface area contributed by atoms with Gasteiger partial charge in [0.15, 0.2) is 11.6 Å². The van der Waals surface area contributed by atoms with Crippen LogP contribution in [0.25, 0.3) is 0 Å². The van der Waals surface area contributed by atoms with Gasteiger partial charge < -0.3 is 11.1 Å². The largest absolute Gasteiger partial charge is 0.396 e. The molecule has 0 bridgehead atoms. The van der Waals surface area contributed by atoms with E-state index in [1.807, 2.05) is 0 Å². The predicted octanol–water partition coefficient (Wildman–Crippen LogP) is 0.375. The lowest BCUT2D eigenvalue weighted by molar-refractivity contribution is -0.385. The third-order valence-corrected chi connectivity index (χ3v) is 2.61. The van der Waals surface area contributed by atoms with Crippen molar-refractivity contribution in [2.75, 3.05) is 5.73 Å². The van der Waals surface area contributed by atoms with Crippen molar-refractivity contribution in [3.05, 3.63) is 45.8 Å². The van der Waals surface area contributed by atoms with Gasteiger partial charge >= 0.3 is 0 Å². The standard InChI is InChI=1S/C11H11FN6O3/c1-17-5-15-10(16-17)4-14-11(19)6-2-8(13)7(12)3-9(6)18(20)21/h2-3,5H,4,13H2,1H3,(H,14,19). The fraction of sp³-hybridized carbons (Fsp3) is 0.182. The van der Waals surface area contributed by atoms with E-state index >= 15 is 0 Å². The van der Waals surface area contributed by atoms with Gasteiger partial charge in [-0.15, -0.1) is 0 Å². The fourth-order valence-electron chi connectivity index (χ4n) is 1.63. The van der Waals surface area contributed by atoms with Crippen LogP contribution in [0.1, 0.15) is 16.2 Å². The molecular weight excluding hydrogens is 283 g/mol. The van der Waals surface area contributed by atoms with Crippen molar-refractivity contribution in [1.82, 2.24) is 20.1 Å². The number of nitrogens with two attached hydrogens (primary N) is 1. The van der Waals surface area contributed by atoms with Crippen LogP contribution >= 0.6 is 0 Å². The quantitative estimate of drug-likeness (QED) is 0.476. The van der Waals surface area contributed by atoms with E-state index in [9.17, 15) is 19.3 Å². The molecule has 1 aromatic heterocycles. The highest BCUT2D eigenvalue weighted by Crippen LogP contribution is 2.24. The third-order valence-electron chi connectivity index (χ3n) is 2.61. The number of aromatic nitrogens is 3. The van der Waals surface area contributed by atoms with Crippen LogP contribution in [0.3, 0.4) is 0 Å². The van der Waals surface area contributed by atoms with Crippen molar-refractivity contribution < 1.29 is 14.1 Å². The number of nitrogens with one attached hydrogen (secondary N) is 1. The van der Waals surface area contributed by atoms with E-state index < -0.39 is 22.3 Å². The van der Waals surface area contributed by atoms with Crippen molar-refractivity contribution in [3.63, 3.8) is 0 Å². The normalized spacial score (nSPS) is 10.4. The Bertz CT molecular complexity index is 714. The summed E-state index contributed by atoms with van der Waals surface area (Å²) >= 11 is 0. The van der Waals surface area contributed by atoms with Crippen LogP contribution in [-0.4, -0.2) is 25.6 Å². The van der Waals surface area contributed by atoms with Crippen LogP contribution in [0.2, 0.25) is 0 Å². The molecule has 0 spiro atoms. The first-order valence-corrected chi connectivity index (χ1v) is 5.74. The zero-order chi connectivity index (χ0) is 15.6. The van der Waals surface area contributed by atoms with E-state index in [-0.39, 0.29) is 17.8 Å². The number of rotatable bonds is 4. The second-order valence-corrected chi connectivity index (χ2v) is 4.17. The number of hydrogen-bond acceptors (Lipinski definition) is 6. The lowest BCUT2D eigenvalue weighted by atomic mass is 10.1. The van der Waals surface area contributed by atoms with E-state index in [1.165, 1.54) is 11.0 Å². The van der Waals surface area contributed by atoms with Gasteiger partial charge in [0.2, 0.25) is 0 Å². The van der Waals surface area contributed by atoms with Gasteiger partial charge in [-0.25, -0.2) is 9.37 Å². The summed E-state index contributed by atoms with van der Waals surface area (Å²) in [6.45, 7) is -0.0197. The Morgan fingerprint density at radius 2 is 2.29 bits per heavy atom. The van der Waals surface area contributed by atoms with Crippen molar-refractivity contribution in [3.8, 4) is 0 Å². The van der Waals surface area contributed by atoms with Crippen molar-refractivity contribution in [2.45, 2.75) is 6.54 Å². The molecule has 0 fully saturated rings. The van der Waals surface area contributed by atoms with E-state index in [0.29, 0.717) is 11.9 Å². The number of nitrogen functional groups attached to an aromatic ring is 1. The van der Waals surface area contributed by atoms with Gasteiger partial charge in [0.05, 0.1) is 23.2 Å². The lowest BCUT2D eigenvalue weighted by Crippen LogP contribution is -2.24. The van der Waals surface area contributed by atoms with E-state index in [1.54, 1.807) is 7.05 Å².